The van der Waals surface area contributed by atoms with Gasteiger partial charge in [0.15, 0.2) is 17.4 Å². The molecule has 0 spiro atoms. The van der Waals surface area contributed by atoms with E-state index in [1.807, 2.05) is 19.9 Å². The van der Waals surface area contributed by atoms with Crippen LogP contribution in [0.3, 0.4) is 0 Å². The number of piperazine rings is 1. The van der Waals surface area contributed by atoms with E-state index < -0.39 is 51.1 Å². The fourth-order valence-corrected chi connectivity index (χ4v) is 6.22. The Morgan fingerprint density at radius 3 is 2.47 bits per heavy atom. The summed E-state index contributed by atoms with van der Waals surface area (Å²) < 4.78 is 45.1. The SMILES string of the molecule is C=CC(=O)N1CCN(c2c(C#N)c(=O)n(C3=C(C)C=CN[C@@H]3C(C)C)c3nc(-c4c(F)c(F)c(F)c(O)c4Cl)c(Cl)cc23)CC1. The Labute approximate surface area is 266 Å². The van der Waals surface area contributed by atoms with E-state index in [4.69, 9.17) is 23.2 Å². The molecule has 5 rings (SSSR count). The number of nitriles is 1. The lowest BCUT2D eigenvalue weighted by Gasteiger charge is -2.37. The number of pyridine rings is 2. The number of phenolic OH excluding ortho intramolecular Hbond substituents is 1. The summed E-state index contributed by atoms with van der Waals surface area (Å²) in [5, 5.41) is 22.8. The molecule has 2 N–H and O–H groups in total. The summed E-state index contributed by atoms with van der Waals surface area (Å²) in [6, 6.07) is 2.94. The van der Waals surface area contributed by atoms with Crippen molar-refractivity contribution in [3.8, 4) is 23.1 Å². The van der Waals surface area contributed by atoms with Crippen LogP contribution in [0, 0.1) is 34.7 Å². The smallest absolute Gasteiger partial charge is 0.276 e. The molecule has 9 nitrogen and oxygen atoms in total. The fraction of sp³-hybridized carbons (Fsp3) is 0.290. The topological polar surface area (TPSA) is 114 Å². The Hall–Kier alpha value is -4.47. The fourth-order valence-electron chi connectivity index (χ4n) is 5.71. The molecular formula is C31H27Cl2F3N6O3. The number of hydrogen-bond acceptors (Lipinski definition) is 7. The third-order valence-corrected chi connectivity index (χ3v) is 8.62. The second-order valence-electron chi connectivity index (χ2n) is 11.0. The lowest BCUT2D eigenvalue weighted by atomic mass is 9.94. The maximum absolute atomic E-state index is 15.3. The lowest BCUT2D eigenvalue weighted by molar-refractivity contribution is -0.126. The van der Waals surface area contributed by atoms with Gasteiger partial charge in [0.05, 0.1) is 38.7 Å². The highest BCUT2D eigenvalue weighted by Crippen LogP contribution is 2.44. The van der Waals surface area contributed by atoms with Crippen molar-refractivity contribution in [2.45, 2.75) is 26.8 Å². The standard InChI is InChI=1S/C31H27Cl2F3N6O3/c1-5-19(43)40-8-10-41(11-9-40)28-16-12-18(32)26(20-21(33)29(44)24(36)23(35)22(20)34)39-30(16)42(31(45)17(28)13-37)27-15(4)6-7-38-25(27)14(2)3/h5-7,12,14,25,38,44H,1,8-11H2,2-4H3/t25-/m1/s1. The number of amides is 1. The number of benzene rings is 1. The van der Waals surface area contributed by atoms with Gasteiger partial charge in [-0.1, -0.05) is 43.6 Å². The molecule has 1 fully saturated rings. The number of nitrogens with one attached hydrogen (secondary N) is 1. The minimum Gasteiger partial charge on any atom is -0.504 e. The summed E-state index contributed by atoms with van der Waals surface area (Å²) in [5.74, 6) is -7.29. The van der Waals surface area contributed by atoms with Gasteiger partial charge in [0.25, 0.3) is 5.56 Å². The van der Waals surface area contributed by atoms with Crippen LogP contribution in [0.5, 0.6) is 5.75 Å². The summed E-state index contributed by atoms with van der Waals surface area (Å²) in [6.07, 6.45) is 4.67. The van der Waals surface area contributed by atoms with Crippen LogP contribution in [0.2, 0.25) is 10.0 Å². The molecule has 0 unspecified atom stereocenters. The van der Waals surface area contributed by atoms with Gasteiger partial charge in [0.2, 0.25) is 11.7 Å². The number of aromatic hydroxyl groups is 1. The molecule has 2 aliphatic heterocycles. The summed E-state index contributed by atoms with van der Waals surface area (Å²) >= 11 is 12.7. The van der Waals surface area contributed by atoms with Crippen LogP contribution >= 0.6 is 23.2 Å². The number of phenols is 1. The van der Waals surface area contributed by atoms with E-state index in [9.17, 15) is 28.7 Å². The van der Waals surface area contributed by atoms with E-state index in [1.54, 1.807) is 29.0 Å². The van der Waals surface area contributed by atoms with Crippen molar-refractivity contribution in [3.63, 3.8) is 0 Å². The van der Waals surface area contributed by atoms with Crippen LogP contribution in [-0.4, -0.2) is 57.7 Å². The highest BCUT2D eigenvalue weighted by atomic mass is 35.5. The average Bonchev–Trinajstić information content (AvgIpc) is 3.02. The van der Waals surface area contributed by atoms with E-state index in [1.165, 1.54) is 16.7 Å². The molecule has 234 valence electrons. The van der Waals surface area contributed by atoms with Gasteiger partial charge in [0, 0.05) is 31.6 Å². The number of carbonyl (C=O) groups excluding carboxylic acids is 1. The minimum absolute atomic E-state index is 0.0654. The Morgan fingerprint density at radius 2 is 1.87 bits per heavy atom. The van der Waals surface area contributed by atoms with Crippen LogP contribution in [0.15, 0.2) is 41.4 Å². The van der Waals surface area contributed by atoms with E-state index >= 15 is 4.39 Å². The maximum atomic E-state index is 15.3. The Bertz CT molecular complexity index is 1910. The van der Waals surface area contributed by atoms with Crippen molar-refractivity contribution >= 4 is 51.5 Å². The highest BCUT2D eigenvalue weighted by Gasteiger charge is 2.33. The lowest BCUT2D eigenvalue weighted by Crippen LogP contribution is -2.49. The zero-order chi connectivity index (χ0) is 32.9. The molecule has 14 heteroatoms. The Morgan fingerprint density at radius 1 is 1.20 bits per heavy atom. The number of anilines is 1. The van der Waals surface area contributed by atoms with Gasteiger partial charge in [-0.15, -0.1) is 0 Å². The summed E-state index contributed by atoms with van der Waals surface area (Å²) in [6.45, 7) is 10.2. The van der Waals surface area contributed by atoms with Crippen molar-refractivity contribution in [1.29, 1.82) is 5.26 Å². The Kier molecular flexibility index (Phi) is 8.62. The van der Waals surface area contributed by atoms with Gasteiger partial charge in [-0.05, 0) is 42.8 Å². The first-order chi connectivity index (χ1) is 21.3. The first kappa shape index (κ1) is 31.9. The molecule has 45 heavy (non-hydrogen) atoms. The molecule has 0 saturated carbocycles. The molecule has 1 amide bonds. The normalized spacial score (nSPS) is 16.8. The zero-order valence-electron chi connectivity index (χ0n) is 24.4. The second kappa shape index (κ2) is 12.1. The van der Waals surface area contributed by atoms with Gasteiger partial charge < -0.3 is 20.2 Å². The minimum atomic E-state index is -1.99. The monoisotopic (exact) mass is 658 g/mol. The van der Waals surface area contributed by atoms with Crippen molar-refractivity contribution in [2.75, 3.05) is 31.1 Å². The van der Waals surface area contributed by atoms with Crippen molar-refractivity contribution < 1.29 is 23.1 Å². The predicted octanol–water partition coefficient (Wildman–Crippen LogP) is 5.57. The van der Waals surface area contributed by atoms with E-state index in [2.05, 4.69) is 16.9 Å². The number of dihydropyridines is 1. The van der Waals surface area contributed by atoms with Crippen molar-refractivity contribution in [2.24, 2.45) is 5.92 Å². The summed E-state index contributed by atoms with van der Waals surface area (Å²) in [7, 11) is 0. The van der Waals surface area contributed by atoms with Gasteiger partial charge >= 0.3 is 0 Å². The number of fused-ring (bicyclic) bond motifs is 1. The summed E-state index contributed by atoms with van der Waals surface area (Å²) in [5.41, 5.74) is -0.997. The molecule has 4 heterocycles. The van der Waals surface area contributed by atoms with Crippen LogP contribution in [-0.2, 0) is 4.79 Å². The molecule has 2 aliphatic rings. The van der Waals surface area contributed by atoms with Crippen molar-refractivity contribution in [1.82, 2.24) is 19.8 Å². The highest BCUT2D eigenvalue weighted by molar-refractivity contribution is 6.37. The molecule has 1 saturated heterocycles. The first-order valence-electron chi connectivity index (χ1n) is 13.9. The maximum Gasteiger partial charge on any atom is 0.276 e. The number of nitrogens with zero attached hydrogens (tertiary/aromatic N) is 5. The number of halogens is 5. The van der Waals surface area contributed by atoms with E-state index in [0.717, 1.165) is 0 Å². The van der Waals surface area contributed by atoms with E-state index in [0.29, 0.717) is 11.3 Å². The number of aromatic nitrogens is 2. The number of hydrogen-bond donors (Lipinski definition) is 2. The molecule has 3 aromatic rings. The molecule has 0 aliphatic carbocycles. The van der Waals surface area contributed by atoms with Crippen LogP contribution in [0.25, 0.3) is 28.0 Å². The van der Waals surface area contributed by atoms with Gasteiger partial charge in [-0.2, -0.15) is 9.65 Å². The van der Waals surface area contributed by atoms with Crippen LogP contribution < -0.4 is 15.8 Å². The second-order valence-corrected chi connectivity index (χ2v) is 11.7. The molecule has 0 bridgehead atoms. The molecular weight excluding hydrogens is 632 g/mol. The number of carbonyl (C=O) groups is 1. The molecule has 1 atom stereocenters. The van der Waals surface area contributed by atoms with Crippen molar-refractivity contribution in [3.05, 3.63) is 80.0 Å². The largest absolute Gasteiger partial charge is 0.504 e. The zero-order valence-corrected chi connectivity index (χ0v) is 25.9. The third-order valence-electron chi connectivity index (χ3n) is 7.96. The predicted molar refractivity (Wildman–Crippen MR) is 166 cm³/mol. The van der Waals surface area contributed by atoms with Crippen LogP contribution in [0.4, 0.5) is 18.9 Å². The third kappa shape index (κ3) is 5.19. The molecule has 1 aromatic carbocycles. The first-order valence-corrected chi connectivity index (χ1v) is 14.6. The Balaban J connectivity index is 1.90. The van der Waals surface area contributed by atoms with Gasteiger partial charge in [0.1, 0.15) is 17.3 Å². The number of allylic oxidation sites excluding steroid dienone is 2. The quantitative estimate of drug-likeness (QED) is 0.209. The molecule has 2 aromatic heterocycles. The van der Waals surface area contributed by atoms with E-state index in [-0.39, 0.29) is 65.3 Å². The molecule has 0 radical (unpaired) electrons. The average molecular weight is 659 g/mol. The van der Waals surface area contributed by atoms with Crippen LogP contribution in [0.1, 0.15) is 26.3 Å². The van der Waals surface area contributed by atoms with Gasteiger partial charge in [-0.25, -0.2) is 13.8 Å². The van der Waals surface area contributed by atoms with Gasteiger partial charge in [-0.3, -0.25) is 14.2 Å². The summed E-state index contributed by atoms with van der Waals surface area (Å²) in [4.78, 5) is 34.4. The number of rotatable bonds is 5.